The number of nitrogens with zero attached hydrogens (tertiary/aromatic N) is 2. The van der Waals surface area contributed by atoms with Crippen molar-refractivity contribution in [2.45, 2.75) is 38.8 Å². The third-order valence-electron chi connectivity index (χ3n) is 3.42. The van der Waals surface area contributed by atoms with Crippen LogP contribution in [0.3, 0.4) is 0 Å². The SMILES string of the molecule is Cc1ncsc1CN(C)C(=O)C1CCC(N)C1. The van der Waals surface area contributed by atoms with Crippen molar-refractivity contribution in [3.8, 4) is 0 Å². The zero-order valence-corrected chi connectivity index (χ0v) is 11.2. The third kappa shape index (κ3) is 2.84. The second-order valence-electron chi connectivity index (χ2n) is 4.83. The Balaban J connectivity index is 1.94. The van der Waals surface area contributed by atoms with Crippen LogP contribution in [0.1, 0.15) is 29.8 Å². The Morgan fingerprint density at radius 3 is 2.94 bits per heavy atom. The summed E-state index contributed by atoms with van der Waals surface area (Å²) < 4.78 is 0. The lowest BCUT2D eigenvalue weighted by molar-refractivity contribution is -0.134. The summed E-state index contributed by atoms with van der Waals surface area (Å²) >= 11 is 1.61. The Kier molecular flexibility index (Phi) is 3.79. The number of carbonyl (C=O) groups excluding carboxylic acids is 1. The molecule has 0 spiro atoms. The second kappa shape index (κ2) is 5.14. The quantitative estimate of drug-likeness (QED) is 0.889. The first-order valence-electron chi connectivity index (χ1n) is 5.97. The monoisotopic (exact) mass is 253 g/mol. The lowest BCUT2D eigenvalue weighted by atomic mass is 10.1. The van der Waals surface area contributed by atoms with Crippen LogP contribution in [-0.2, 0) is 11.3 Å². The fourth-order valence-electron chi connectivity index (χ4n) is 2.32. The number of aromatic nitrogens is 1. The molecule has 94 valence electrons. The average molecular weight is 253 g/mol. The molecule has 0 aliphatic heterocycles. The van der Waals surface area contributed by atoms with Crippen molar-refractivity contribution in [3.63, 3.8) is 0 Å². The summed E-state index contributed by atoms with van der Waals surface area (Å²) in [6, 6.07) is 0.211. The van der Waals surface area contributed by atoms with Crippen LogP contribution in [0.25, 0.3) is 0 Å². The van der Waals surface area contributed by atoms with E-state index in [9.17, 15) is 4.79 Å². The first-order valence-corrected chi connectivity index (χ1v) is 6.85. The molecule has 1 amide bonds. The summed E-state index contributed by atoms with van der Waals surface area (Å²) in [4.78, 5) is 19.4. The molecule has 1 saturated carbocycles. The number of hydrogen-bond donors (Lipinski definition) is 1. The molecule has 2 atom stereocenters. The van der Waals surface area contributed by atoms with Crippen molar-refractivity contribution in [1.29, 1.82) is 0 Å². The number of amides is 1. The maximum atomic E-state index is 12.2. The number of thiazole rings is 1. The average Bonchev–Trinajstić information content (AvgIpc) is 2.88. The molecule has 1 aromatic heterocycles. The molecular formula is C12H19N3OS. The van der Waals surface area contributed by atoms with Gasteiger partial charge >= 0.3 is 0 Å². The summed E-state index contributed by atoms with van der Waals surface area (Å²) in [6.45, 7) is 2.65. The Labute approximate surface area is 106 Å². The summed E-state index contributed by atoms with van der Waals surface area (Å²) in [7, 11) is 1.87. The molecule has 2 rings (SSSR count). The molecule has 4 nitrogen and oxygen atoms in total. The van der Waals surface area contributed by atoms with Crippen LogP contribution in [0.15, 0.2) is 5.51 Å². The molecule has 1 fully saturated rings. The van der Waals surface area contributed by atoms with Gasteiger partial charge in [0.05, 0.1) is 17.7 Å². The number of nitrogens with two attached hydrogens (primary N) is 1. The van der Waals surface area contributed by atoms with E-state index in [0.717, 1.165) is 25.0 Å². The minimum Gasteiger partial charge on any atom is -0.340 e. The van der Waals surface area contributed by atoms with Gasteiger partial charge in [0.1, 0.15) is 0 Å². The lowest BCUT2D eigenvalue weighted by Crippen LogP contribution is -2.32. The molecule has 0 radical (unpaired) electrons. The Bertz CT molecular complexity index is 404. The highest BCUT2D eigenvalue weighted by atomic mass is 32.1. The Morgan fingerprint density at radius 2 is 2.41 bits per heavy atom. The zero-order valence-electron chi connectivity index (χ0n) is 10.3. The van der Waals surface area contributed by atoms with Gasteiger partial charge < -0.3 is 10.6 Å². The topological polar surface area (TPSA) is 59.2 Å². The number of rotatable bonds is 3. The smallest absolute Gasteiger partial charge is 0.225 e. The zero-order chi connectivity index (χ0) is 12.4. The summed E-state index contributed by atoms with van der Waals surface area (Å²) in [5.41, 5.74) is 8.70. The van der Waals surface area contributed by atoms with Crippen LogP contribution in [0, 0.1) is 12.8 Å². The van der Waals surface area contributed by atoms with Crippen LogP contribution >= 0.6 is 11.3 Å². The van der Waals surface area contributed by atoms with Crippen molar-refractivity contribution in [1.82, 2.24) is 9.88 Å². The van der Waals surface area contributed by atoms with E-state index in [4.69, 9.17) is 5.73 Å². The predicted octanol–water partition coefficient (Wildman–Crippen LogP) is 1.54. The normalized spacial score (nSPS) is 23.9. The van der Waals surface area contributed by atoms with Crippen molar-refractivity contribution in [3.05, 3.63) is 16.1 Å². The van der Waals surface area contributed by atoms with Crippen LogP contribution in [0.5, 0.6) is 0 Å². The van der Waals surface area contributed by atoms with E-state index in [1.165, 1.54) is 4.88 Å². The molecule has 2 unspecified atom stereocenters. The highest BCUT2D eigenvalue weighted by Crippen LogP contribution is 2.26. The predicted molar refractivity (Wildman–Crippen MR) is 68.6 cm³/mol. The van der Waals surface area contributed by atoms with Gasteiger partial charge in [-0.1, -0.05) is 0 Å². The molecular weight excluding hydrogens is 234 g/mol. The molecule has 5 heteroatoms. The van der Waals surface area contributed by atoms with Gasteiger partial charge in [-0.2, -0.15) is 0 Å². The molecule has 2 N–H and O–H groups in total. The number of aryl methyl sites for hydroxylation is 1. The molecule has 1 aliphatic carbocycles. The van der Waals surface area contributed by atoms with E-state index in [0.29, 0.717) is 6.54 Å². The maximum Gasteiger partial charge on any atom is 0.225 e. The minimum atomic E-state index is 0.128. The minimum absolute atomic E-state index is 0.128. The van der Waals surface area contributed by atoms with E-state index in [1.807, 2.05) is 24.4 Å². The van der Waals surface area contributed by atoms with Crippen LogP contribution < -0.4 is 5.73 Å². The van der Waals surface area contributed by atoms with Gasteiger partial charge in [-0.05, 0) is 26.2 Å². The highest BCUT2D eigenvalue weighted by molar-refractivity contribution is 7.09. The summed E-state index contributed by atoms with van der Waals surface area (Å²) in [5.74, 6) is 0.356. The van der Waals surface area contributed by atoms with Crippen LogP contribution in [-0.4, -0.2) is 28.9 Å². The molecule has 0 bridgehead atoms. The van der Waals surface area contributed by atoms with Gasteiger partial charge in [0.15, 0.2) is 0 Å². The van der Waals surface area contributed by atoms with Crippen LogP contribution in [0.4, 0.5) is 0 Å². The fraction of sp³-hybridized carbons (Fsp3) is 0.667. The maximum absolute atomic E-state index is 12.2. The van der Waals surface area contributed by atoms with Crippen molar-refractivity contribution in [2.24, 2.45) is 11.7 Å². The van der Waals surface area contributed by atoms with Gasteiger partial charge in [0.25, 0.3) is 0 Å². The number of hydrogen-bond acceptors (Lipinski definition) is 4. The van der Waals surface area contributed by atoms with E-state index in [-0.39, 0.29) is 17.9 Å². The fourth-order valence-corrected chi connectivity index (χ4v) is 3.15. The molecule has 0 saturated heterocycles. The highest BCUT2D eigenvalue weighted by Gasteiger charge is 2.29. The molecule has 0 aromatic carbocycles. The standard InChI is InChI=1S/C12H19N3OS/c1-8-11(17-7-14-8)6-15(2)12(16)9-3-4-10(13)5-9/h7,9-10H,3-6,13H2,1-2H3. The van der Waals surface area contributed by atoms with Crippen molar-refractivity contribution >= 4 is 17.2 Å². The summed E-state index contributed by atoms with van der Waals surface area (Å²) in [5, 5.41) is 0. The van der Waals surface area contributed by atoms with Crippen LogP contribution in [0.2, 0.25) is 0 Å². The van der Waals surface area contributed by atoms with E-state index >= 15 is 0 Å². The largest absolute Gasteiger partial charge is 0.340 e. The third-order valence-corrected chi connectivity index (χ3v) is 4.34. The lowest BCUT2D eigenvalue weighted by Gasteiger charge is -2.20. The van der Waals surface area contributed by atoms with Gasteiger partial charge in [-0.3, -0.25) is 4.79 Å². The Hall–Kier alpha value is -0.940. The van der Waals surface area contributed by atoms with Crippen molar-refractivity contribution in [2.75, 3.05) is 7.05 Å². The van der Waals surface area contributed by atoms with E-state index in [2.05, 4.69) is 4.98 Å². The van der Waals surface area contributed by atoms with Gasteiger partial charge in [-0.25, -0.2) is 4.98 Å². The van der Waals surface area contributed by atoms with Gasteiger partial charge in [0, 0.05) is 23.9 Å². The molecule has 1 aliphatic rings. The molecule has 1 aromatic rings. The second-order valence-corrected chi connectivity index (χ2v) is 5.76. The van der Waals surface area contributed by atoms with Crippen molar-refractivity contribution < 1.29 is 4.79 Å². The number of carbonyl (C=O) groups is 1. The summed E-state index contributed by atoms with van der Waals surface area (Å²) in [6.07, 6.45) is 2.75. The van der Waals surface area contributed by atoms with E-state index < -0.39 is 0 Å². The molecule has 1 heterocycles. The van der Waals surface area contributed by atoms with E-state index in [1.54, 1.807) is 11.3 Å². The van der Waals surface area contributed by atoms with Gasteiger partial charge in [-0.15, -0.1) is 11.3 Å². The first kappa shape index (κ1) is 12.5. The molecule has 17 heavy (non-hydrogen) atoms. The Morgan fingerprint density at radius 1 is 1.65 bits per heavy atom. The first-order chi connectivity index (χ1) is 8.08. The van der Waals surface area contributed by atoms with Gasteiger partial charge in [0.2, 0.25) is 5.91 Å².